The van der Waals surface area contributed by atoms with Gasteiger partial charge in [0.1, 0.15) is 10.5 Å². The van der Waals surface area contributed by atoms with Crippen molar-refractivity contribution in [1.82, 2.24) is 0 Å². The summed E-state index contributed by atoms with van der Waals surface area (Å²) >= 11 is 4.13. The van der Waals surface area contributed by atoms with Crippen molar-refractivity contribution in [3.8, 4) is 0 Å². The van der Waals surface area contributed by atoms with Crippen LogP contribution in [-0.4, -0.2) is 22.3 Å². The molecule has 0 aromatic carbocycles. The lowest BCUT2D eigenvalue weighted by Crippen LogP contribution is -2.09. The van der Waals surface area contributed by atoms with Crippen molar-refractivity contribution in [1.29, 1.82) is 0 Å². The predicted octanol–water partition coefficient (Wildman–Crippen LogP) is 0.772. The maximum Gasteiger partial charge on any atom is 0.146 e. The fourth-order valence-corrected chi connectivity index (χ4v) is 1.56. The molecular weight excluding hydrogens is 148 g/mol. The van der Waals surface area contributed by atoms with Gasteiger partial charge in [0, 0.05) is 6.10 Å². The van der Waals surface area contributed by atoms with Gasteiger partial charge in [0.2, 0.25) is 0 Å². The molecule has 0 aromatic heterocycles. The lowest BCUT2D eigenvalue weighted by Gasteiger charge is -2.11. The zero-order valence-electron chi connectivity index (χ0n) is 6.26. The normalized spacial score (nSPS) is 14.0. The second-order valence-electron chi connectivity index (χ2n) is 2.13. The highest BCUT2D eigenvalue weighted by Crippen LogP contribution is 2.04. The van der Waals surface area contributed by atoms with Crippen LogP contribution in [0.1, 0.15) is 26.2 Å². The molecule has 0 aliphatic heterocycles. The summed E-state index contributed by atoms with van der Waals surface area (Å²) in [5, 5.41) is 0. The molecule has 0 radical (unpaired) electrons. The molecule has 0 bridgehead atoms. The van der Waals surface area contributed by atoms with E-state index in [-0.39, 0.29) is 0 Å². The van der Waals surface area contributed by atoms with Crippen molar-refractivity contribution in [3.05, 3.63) is 0 Å². The first kappa shape index (κ1) is 9.53. The summed E-state index contributed by atoms with van der Waals surface area (Å²) in [7, 11) is 0.874. The van der Waals surface area contributed by atoms with Crippen molar-refractivity contribution in [3.63, 3.8) is 0 Å². The number of hydrogen-bond acceptors (Lipinski definition) is 2. The van der Waals surface area contributed by atoms with Crippen LogP contribution in [0.3, 0.4) is 0 Å². The maximum absolute atomic E-state index is 5.31. The molecule has 0 saturated carbocycles. The summed E-state index contributed by atoms with van der Waals surface area (Å²) < 4.78 is 5.31. The zero-order valence-corrected chi connectivity index (χ0v) is 9.16. The van der Waals surface area contributed by atoms with Gasteiger partial charge in [-0.25, -0.2) is 0 Å². The summed E-state index contributed by atoms with van der Waals surface area (Å²) in [5.74, 6) is 0.988. The van der Waals surface area contributed by atoms with Crippen molar-refractivity contribution in [2.45, 2.75) is 32.3 Å². The first-order valence-electron chi connectivity index (χ1n) is 3.48. The molecule has 0 fully saturated rings. The largest absolute Gasteiger partial charge is 0.425 e. The third kappa shape index (κ3) is 5.00. The van der Waals surface area contributed by atoms with E-state index in [9.17, 15) is 0 Å². The van der Waals surface area contributed by atoms with Crippen LogP contribution >= 0.6 is 12.6 Å². The minimum absolute atomic E-state index is 0.517. The van der Waals surface area contributed by atoms with E-state index in [0.29, 0.717) is 6.10 Å². The zero-order chi connectivity index (χ0) is 7.11. The Hall–Kier alpha value is 0.527. The Morgan fingerprint density at radius 2 is 2.33 bits per heavy atom. The molecule has 1 unspecified atom stereocenters. The molecule has 1 nitrogen and oxygen atoms in total. The molecule has 0 rings (SSSR count). The standard InChI is InChI=1S/C6H16OSSi/c1-2-6(7-9)4-3-5-8/h6,8H,2-5H2,1,9H3. The molecule has 0 spiro atoms. The molecule has 0 aliphatic rings. The lowest BCUT2D eigenvalue weighted by atomic mass is 10.2. The molecule has 0 aliphatic carbocycles. The SMILES string of the molecule is CCC(CCCS)O[SiH3]. The Labute approximate surface area is 66.1 Å². The van der Waals surface area contributed by atoms with Crippen LogP contribution in [0.4, 0.5) is 0 Å². The minimum Gasteiger partial charge on any atom is -0.425 e. The second kappa shape index (κ2) is 6.64. The predicted molar refractivity (Wildman–Crippen MR) is 48.2 cm³/mol. The van der Waals surface area contributed by atoms with Crippen molar-refractivity contribution < 1.29 is 4.43 Å². The van der Waals surface area contributed by atoms with Crippen LogP contribution in [-0.2, 0) is 4.43 Å². The molecule has 56 valence electrons. The highest BCUT2D eigenvalue weighted by molar-refractivity contribution is 7.80. The third-order valence-electron chi connectivity index (χ3n) is 1.47. The second-order valence-corrected chi connectivity index (χ2v) is 3.05. The van der Waals surface area contributed by atoms with Gasteiger partial charge in [-0.3, -0.25) is 0 Å². The number of hydrogen-bond donors (Lipinski definition) is 1. The van der Waals surface area contributed by atoms with Gasteiger partial charge in [0.05, 0.1) is 0 Å². The fraction of sp³-hybridized carbons (Fsp3) is 1.00. The van der Waals surface area contributed by atoms with Crippen LogP contribution < -0.4 is 0 Å². The average Bonchev–Trinajstić information content (AvgIpc) is 1.91. The Bertz CT molecular complexity index is 57.0. The maximum atomic E-state index is 5.31. The third-order valence-corrected chi connectivity index (χ3v) is 2.46. The summed E-state index contributed by atoms with van der Waals surface area (Å²) in [6, 6.07) is 0. The lowest BCUT2D eigenvalue weighted by molar-refractivity contribution is 0.204. The molecule has 9 heavy (non-hydrogen) atoms. The van der Waals surface area contributed by atoms with E-state index >= 15 is 0 Å². The van der Waals surface area contributed by atoms with Gasteiger partial charge >= 0.3 is 0 Å². The Kier molecular flexibility index (Phi) is 7.03. The monoisotopic (exact) mass is 164 g/mol. The highest BCUT2D eigenvalue weighted by atomic mass is 32.1. The molecule has 0 heterocycles. The first-order chi connectivity index (χ1) is 4.35. The van der Waals surface area contributed by atoms with Crippen LogP contribution in [0.15, 0.2) is 0 Å². The Morgan fingerprint density at radius 3 is 2.67 bits per heavy atom. The Morgan fingerprint density at radius 1 is 1.67 bits per heavy atom. The van der Waals surface area contributed by atoms with Gasteiger partial charge in [-0.05, 0) is 25.0 Å². The fourth-order valence-electron chi connectivity index (χ4n) is 0.808. The van der Waals surface area contributed by atoms with E-state index in [1.807, 2.05) is 0 Å². The van der Waals surface area contributed by atoms with Gasteiger partial charge in [-0.15, -0.1) is 0 Å². The van der Waals surface area contributed by atoms with Crippen LogP contribution in [0, 0.1) is 0 Å². The molecule has 0 amide bonds. The molecule has 0 aromatic rings. The molecule has 1 atom stereocenters. The van der Waals surface area contributed by atoms with Crippen molar-refractivity contribution >= 4 is 23.1 Å². The quantitative estimate of drug-likeness (QED) is 0.466. The Balaban J connectivity index is 3.09. The smallest absolute Gasteiger partial charge is 0.146 e. The van der Waals surface area contributed by atoms with Gasteiger partial charge < -0.3 is 4.43 Å². The summed E-state index contributed by atoms with van der Waals surface area (Å²) in [6.07, 6.45) is 4.04. The van der Waals surface area contributed by atoms with Crippen LogP contribution in [0.5, 0.6) is 0 Å². The number of rotatable bonds is 5. The van der Waals surface area contributed by atoms with Gasteiger partial charge in [0.25, 0.3) is 0 Å². The molecule has 0 N–H and O–H groups in total. The highest BCUT2D eigenvalue weighted by Gasteiger charge is 2.00. The summed E-state index contributed by atoms with van der Waals surface area (Å²) in [4.78, 5) is 0. The van der Waals surface area contributed by atoms with Crippen LogP contribution in [0.25, 0.3) is 0 Å². The molecule has 3 heteroatoms. The van der Waals surface area contributed by atoms with E-state index < -0.39 is 0 Å². The van der Waals surface area contributed by atoms with Gasteiger partial charge in [-0.1, -0.05) is 6.92 Å². The van der Waals surface area contributed by atoms with Gasteiger partial charge in [0.15, 0.2) is 0 Å². The van der Waals surface area contributed by atoms with E-state index in [2.05, 4.69) is 19.6 Å². The van der Waals surface area contributed by atoms with E-state index in [4.69, 9.17) is 4.43 Å². The van der Waals surface area contributed by atoms with Gasteiger partial charge in [-0.2, -0.15) is 12.6 Å². The van der Waals surface area contributed by atoms with Crippen LogP contribution in [0.2, 0.25) is 0 Å². The summed E-state index contributed by atoms with van der Waals surface area (Å²) in [6.45, 7) is 2.17. The van der Waals surface area contributed by atoms with E-state index in [1.54, 1.807) is 0 Å². The molecule has 0 saturated heterocycles. The minimum atomic E-state index is 0.517. The average molecular weight is 164 g/mol. The van der Waals surface area contributed by atoms with Crippen molar-refractivity contribution in [2.75, 3.05) is 5.75 Å². The van der Waals surface area contributed by atoms with E-state index in [0.717, 1.165) is 22.7 Å². The van der Waals surface area contributed by atoms with Crippen molar-refractivity contribution in [2.24, 2.45) is 0 Å². The molecular formula is C6H16OSSi. The summed E-state index contributed by atoms with van der Waals surface area (Å²) in [5.41, 5.74) is 0. The van der Waals surface area contributed by atoms with E-state index in [1.165, 1.54) is 12.8 Å². The topological polar surface area (TPSA) is 9.23 Å². The first-order valence-corrected chi connectivity index (χ1v) is 4.93. The number of thiol groups is 1.